The van der Waals surface area contributed by atoms with E-state index in [2.05, 4.69) is 27.6 Å². The van der Waals surface area contributed by atoms with E-state index in [1.165, 1.54) is 24.5 Å². The molecule has 1 saturated heterocycles. The molecule has 2 rings (SSSR count). The number of nitrogens with one attached hydrogen (secondary N) is 1. The summed E-state index contributed by atoms with van der Waals surface area (Å²) in [5.41, 5.74) is 0. The van der Waals surface area contributed by atoms with Gasteiger partial charge < -0.3 is 10.2 Å². The van der Waals surface area contributed by atoms with Gasteiger partial charge in [-0.15, -0.1) is 11.3 Å². The van der Waals surface area contributed by atoms with Crippen LogP contribution in [0.3, 0.4) is 0 Å². The molecule has 1 atom stereocenters. The molecule has 4 heteroatoms. The van der Waals surface area contributed by atoms with Crippen LogP contribution in [-0.4, -0.2) is 42.6 Å². The Hall–Kier alpha value is -0.450. The Labute approximate surface area is 89.1 Å². The molecule has 14 heavy (non-hydrogen) atoms. The lowest BCUT2D eigenvalue weighted by Crippen LogP contribution is -2.30. The molecule has 1 aromatic rings. The first-order valence-corrected chi connectivity index (χ1v) is 6.04. The third kappa shape index (κ3) is 2.53. The number of likely N-dealkylation sites (tertiary alicyclic amines) is 1. The SMILES string of the molecule is CNC1CCN(CCc2nccs2)C1. The van der Waals surface area contributed by atoms with Gasteiger partial charge in [-0.3, -0.25) is 0 Å². The summed E-state index contributed by atoms with van der Waals surface area (Å²) < 4.78 is 0. The molecule has 0 spiro atoms. The molecule has 1 aromatic heterocycles. The summed E-state index contributed by atoms with van der Waals surface area (Å²) in [7, 11) is 2.05. The third-order valence-electron chi connectivity index (χ3n) is 2.81. The van der Waals surface area contributed by atoms with E-state index in [4.69, 9.17) is 0 Å². The van der Waals surface area contributed by atoms with Crippen LogP contribution >= 0.6 is 11.3 Å². The van der Waals surface area contributed by atoms with Gasteiger partial charge in [0.2, 0.25) is 0 Å². The number of likely N-dealkylation sites (N-methyl/N-ethyl adjacent to an activating group) is 1. The van der Waals surface area contributed by atoms with Crippen LogP contribution in [0, 0.1) is 0 Å². The number of hydrogen-bond acceptors (Lipinski definition) is 4. The first-order chi connectivity index (χ1) is 6.88. The van der Waals surface area contributed by atoms with Crippen LogP contribution in [0.2, 0.25) is 0 Å². The van der Waals surface area contributed by atoms with Crippen LogP contribution in [-0.2, 0) is 6.42 Å². The number of hydrogen-bond donors (Lipinski definition) is 1. The Balaban J connectivity index is 1.72. The van der Waals surface area contributed by atoms with E-state index >= 15 is 0 Å². The molecule has 3 nitrogen and oxygen atoms in total. The number of thiazole rings is 1. The largest absolute Gasteiger partial charge is 0.316 e. The fraction of sp³-hybridized carbons (Fsp3) is 0.700. The molecule has 0 radical (unpaired) electrons. The molecule has 0 bridgehead atoms. The molecule has 1 fully saturated rings. The van der Waals surface area contributed by atoms with Crippen molar-refractivity contribution >= 4 is 11.3 Å². The van der Waals surface area contributed by atoms with E-state index in [9.17, 15) is 0 Å². The van der Waals surface area contributed by atoms with E-state index in [1.807, 2.05) is 6.20 Å². The zero-order valence-electron chi connectivity index (χ0n) is 8.57. The van der Waals surface area contributed by atoms with Crippen LogP contribution in [0.25, 0.3) is 0 Å². The summed E-state index contributed by atoms with van der Waals surface area (Å²) in [5.74, 6) is 0. The van der Waals surface area contributed by atoms with Crippen LogP contribution in [0.15, 0.2) is 11.6 Å². The molecule has 0 aliphatic carbocycles. The Morgan fingerprint density at radius 3 is 3.29 bits per heavy atom. The van der Waals surface area contributed by atoms with Gasteiger partial charge in [-0.05, 0) is 20.0 Å². The van der Waals surface area contributed by atoms with Crippen LogP contribution in [0.4, 0.5) is 0 Å². The molecule has 2 heterocycles. The maximum Gasteiger partial charge on any atom is 0.0937 e. The minimum atomic E-state index is 0.700. The first kappa shape index (κ1) is 10.1. The molecule has 78 valence electrons. The Morgan fingerprint density at radius 2 is 2.64 bits per heavy atom. The summed E-state index contributed by atoms with van der Waals surface area (Å²) in [4.78, 5) is 6.81. The lowest BCUT2D eigenvalue weighted by atomic mass is 10.3. The van der Waals surface area contributed by atoms with Crippen molar-refractivity contribution in [3.8, 4) is 0 Å². The highest BCUT2D eigenvalue weighted by Gasteiger charge is 2.20. The first-order valence-electron chi connectivity index (χ1n) is 5.16. The van der Waals surface area contributed by atoms with Crippen molar-refractivity contribution in [2.75, 3.05) is 26.7 Å². The second kappa shape index (κ2) is 4.87. The molecular formula is C10H17N3S. The zero-order chi connectivity index (χ0) is 9.80. The van der Waals surface area contributed by atoms with Crippen molar-refractivity contribution in [1.29, 1.82) is 0 Å². The Bertz CT molecular complexity index is 260. The molecule has 1 aliphatic rings. The average Bonchev–Trinajstić information content (AvgIpc) is 2.86. The smallest absolute Gasteiger partial charge is 0.0937 e. The van der Waals surface area contributed by atoms with Gasteiger partial charge in [-0.2, -0.15) is 0 Å². The fourth-order valence-corrected chi connectivity index (χ4v) is 2.51. The maximum atomic E-state index is 4.29. The van der Waals surface area contributed by atoms with Gasteiger partial charge in [-0.25, -0.2) is 4.98 Å². The van der Waals surface area contributed by atoms with Gasteiger partial charge in [0, 0.05) is 37.1 Å². The standard InChI is InChI=1S/C10H17N3S/c1-11-9-2-5-13(8-9)6-3-10-12-4-7-14-10/h4,7,9,11H,2-3,5-6,8H2,1H3. The monoisotopic (exact) mass is 211 g/mol. The van der Waals surface area contributed by atoms with Crippen molar-refractivity contribution in [2.24, 2.45) is 0 Å². The lowest BCUT2D eigenvalue weighted by molar-refractivity contribution is 0.334. The Kier molecular flexibility index (Phi) is 3.50. The van der Waals surface area contributed by atoms with Crippen molar-refractivity contribution < 1.29 is 0 Å². The normalized spacial score (nSPS) is 23.1. The molecule has 1 unspecified atom stereocenters. The minimum absolute atomic E-state index is 0.700. The summed E-state index contributed by atoms with van der Waals surface area (Å²) in [5, 5.41) is 6.65. The van der Waals surface area contributed by atoms with Gasteiger partial charge in [0.05, 0.1) is 5.01 Å². The Morgan fingerprint density at radius 1 is 1.71 bits per heavy atom. The summed E-state index contributed by atoms with van der Waals surface area (Å²) in [6.07, 6.45) is 4.28. The number of aromatic nitrogens is 1. The molecule has 1 aliphatic heterocycles. The summed E-state index contributed by atoms with van der Waals surface area (Å²) in [6, 6.07) is 0.700. The predicted molar refractivity (Wildman–Crippen MR) is 59.7 cm³/mol. The highest BCUT2D eigenvalue weighted by Crippen LogP contribution is 2.11. The molecule has 0 amide bonds. The van der Waals surface area contributed by atoms with E-state index in [1.54, 1.807) is 11.3 Å². The highest BCUT2D eigenvalue weighted by molar-refractivity contribution is 7.09. The maximum absolute atomic E-state index is 4.29. The van der Waals surface area contributed by atoms with Gasteiger partial charge in [0.25, 0.3) is 0 Å². The predicted octanol–water partition coefficient (Wildman–Crippen LogP) is 0.979. The van der Waals surface area contributed by atoms with Crippen LogP contribution < -0.4 is 5.32 Å². The van der Waals surface area contributed by atoms with Crippen LogP contribution in [0.1, 0.15) is 11.4 Å². The van der Waals surface area contributed by atoms with Crippen molar-refractivity contribution in [3.63, 3.8) is 0 Å². The van der Waals surface area contributed by atoms with Crippen molar-refractivity contribution in [2.45, 2.75) is 18.9 Å². The van der Waals surface area contributed by atoms with Gasteiger partial charge in [0.15, 0.2) is 0 Å². The second-order valence-electron chi connectivity index (χ2n) is 3.75. The van der Waals surface area contributed by atoms with E-state index in [0.717, 1.165) is 13.0 Å². The topological polar surface area (TPSA) is 28.2 Å². The number of rotatable bonds is 4. The van der Waals surface area contributed by atoms with Crippen molar-refractivity contribution in [1.82, 2.24) is 15.2 Å². The van der Waals surface area contributed by atoms with E-state index in [0.29, 0.717) is 6.04 Å². The molecule has 1 N–H and O–H groups in total. The fourth-order valence-electron chi connectivity index (χ4n) is 1.90. The third-order valence-corrected chi connectivity index (χ3v) is 3.65. The van der Waals surface area contributed by atoms with E-state index in [-0.39, 0.29) is 0 Å². The van der Waals surface area contributed by atoms with Gasteiger partial charge in [-0.1, -0.05) is 0 Å². The number of nitrogens with zero attached hydrogens (tertiary/aromatic N) is 2. The zero-order valence-corrected chi connectivity index (χ0v) is 9.39. The average molecular weight is 211 g/mol. The lowest BCUT2D eigenvalue weighted by Gasteiger charge is -2.14. The molecular weight excluding hydrogens is 194 g/mol. The van der Waals surface area contributed by atoms with Gasteiger partial charge in [0.1, 0.15) is 0 Å². The van der Waals surface area contributed by atoms with E-state index < -0.39 is 0 Å². The summed E-state index contributed by atoms with van der Waals surface area (Å²) >= 11 is 1.76. The molecule has 0 aromatic carbocycles. The summed E-state index contributed by atoms with van der Waals surface area (Å²) in [6.45, 7) is 3.59. The van der Waals surface area contributed by atoms with Crippen molar-refractivity contribution in [3.05, 3.63) is 16.6 Å². The highest BCUT2D eigenvalue weighted by atomic mass is 32.1. The second-order valence-corrected chi connectivity index (χ2v) is 4.73. The quantitative estimate of drug-likeness (QED) is 0.804. The van der Waals surface area contributed by atoms with Crippen LogP contribution in [0.5, 0.6) is 0 Å². The molecule has 0 saturated carbocycles. The van der Waals surface area contributed by atoms with Gasteiger partial charge >= 0.3 is 0 Å². The minimum Gasteiger partial charge on any atom is -0.316 e.